The van der Waals surface area contributed by atoms with E-state index in [2.05, 4.69) is 79.2 Å². The minimum Gasteiger partial charge on any atom is -0.311 e. The second-order valence-electron chi connectivity index (χ2n) is 7.11. The molecule has 5 heterocycles. The summed E-state index contributed by atoms with van der Waals surface area (Å²) in [5.41, 5.74) is 4.61. The molecule has 1 aromatic carbocycles. The van der Waals surface area contributed by atoms with E-state index < -0.39 is 0 Å². The molecule has 3 fully saturated rings. The number of hydrogen-bond acceptors (Lipinski definition) is 3. The number of nitrogens with one attached hydrogen (secondary N) is 1. The lowest BCUT2D eigenvalue weighted by molar-refractivity contribution is 0.0674. The number of nitrogens with zero attached hydrogens (tertiary/aromatic N) is 3. The average Bonchev–Trinajstić information content (AvgIpc) is 3.02. The van der Waals surface area contributed by atoms with Crippen molar-refractivity contribution < 1.29 is 0 Å². The van der Waals surface area contributed by atoms with E-state index in [0.29, 0.717) is 12.1 Å². The monoisotopic (exact) mass is 468 g/mol. The summed E-state index contributed by atoms with van der Waals surface area (Å²) in [7, 11) is 0. The molecule has 2 unspecified atom stereocenters. The van der Waals surface area contributed by atoms with Gasteiger partial charge in [-0.1, -0.05) is 34.1 Å². The quantitative estimate of drug-likeness (QED) is 0.610. The van der Waals surface area contributed by atoms with Gasteiger partial charge in [0.05, 0.1) is 11.4 Å². The Labute approximate surface area is 180 Å². The normalized spacial score (nSPS) is 21.7. The topological polar surface area (TPSA) is 32.6 Å². The first kappa shape index (κ1) is 20.6. The number of halogens is 3. The molecule has 2 aromatic heterocycles. The van der Waals surface area contributed by atoms with E-state index in [1.165, 1.54) is 24.1 Å². The smallest absolute Gasteiger partial charge is 0.137 e. The van der Waals surface area contributed by atoms with Gasteiger partial charge in [-0.3, -0.25) is 4.90 Å². The summed E-state index contributed by atoms with van der Waals surface area (Å²) in [5, 5.41) is 3.65. The van der Waals surface area contributed by atoms with E-state index in [-0.39, 0.29) is 24.8 Å². The van der Waals surface area contributed by atoms with Crippen molar-refractivity contribution in [2.75, 3.05) is 13.1 Å². The zero-order valence-electron chi connectivity index (χ0n) is 14.8. The zero-order chi connectivity index (χ0) is 16.8. The maximum Gasteiger partial charge on any atom is 0.137 e. The fourth-order valence-corrected chi connectivity index (χ4v) is 4.49. The van der Waals surface area contributed by atoms with Crippen LogP contribution in [0.25, 0.3) is 16.9 Å². The summed E-state index contributed by atoms with van der Waals surface area (Å²) in [4.78, 5) is 7.59. The second-order valence-corrected chi connectivity index (χ2v) is 8.02. The molecule has 3 aromatic rings. The molecule has 4 nitrogen and oxygen atoms in total. The molecule has 3 aliphatic rings. The van der Waals surface area contributed by atoms with Crippen molar-refractivity contribution in [3.8, 4) is 11.3 Å². The van der Waals surface area contributed by atoms with Crippen LogP contribution in [0, 0.1) is 0 Å². The lowest BCUT2D eigenvalue weighted by Gasteiger charge is -2.46. The molecule has 7 heteroatoms. The molecule has 27 heavy (non-hydrogen) atoms. The summed E-state index contributed by atoms with van der Waals surface area (Å²) < 4.78 is 3.36. The number of benzene rings is 1. The van der Waals surface area contributed by atoms with Gasteiger partial charge >= 0.3 is 0 Å². The molecule has 0 aliphatic carbocycles. The number of rotatable bonds is 3. The highest BCUT2D eigenvalue weighted by molar-refractivity contribution is 9.10. The Kier molecular flexibility index (Phi) is 6.49. The lowest BCUT2D eigenvalue weighted by Crippen LogP contribution is -2.60. The van der Waals surface area contributed by atoms with Crippen molar-refractivity contribution in [1.29, 1.82) is 0 Å². The van der Waals surface area contributed by atoms with Crippen LogP contribution >= 0.6 is 40.7 Å². The molecule has 0 amide bonds. The second kappa shape index (κ2) is 8.50. The fraction of sp³-hybridized carbons (Fsp3) is 0.350. The average molecular weight is 470 g/mol. The van der Waals surface area contributed by atoms with Crippen LogP contribution in [0.2, 0.25) is 0 Å². The molecule has 2 atom stereocenters. The van der Waals surface area contributed by atoms with Gasteiger partial charge in [0.25, 0.3) is 0 Å². The molecule has 6 rings (SSSR count). The molecule has 1 N–H and O–H groups in total. The first-order chi connectivity index (χ1) is 12.3. The van der Waals surface area contributed by atoms with Crippen molar-refractivity contribution in [3.63, 3.8) is 0 Å². The van der Waals surface area contributed by atoms with Crippen molar-refractivity contribution in [2.45, 2.75) is 31.5 Å². The highest BCUT2D eigenvalue weighted by Gasteiger charge is 2.34. The number of aromatic nitrogens is 2. The van der Waals surface area contributed by atoms with E-state index in [1.54, 1.807) is 0 Å². The summed E-state index contributed by atoms with van der Waals surface area (Å²) >= 11 is 3.53. The van der Waals surface area contributed by atoms with Crippen LogP contribution < -0.4 is 5.32 Å². The molecule has 0 spiro atoms. The van der Waals surface area contributed by atoms with Crippen molar-refractivity contribution in [1.82, 2.24) is 19.6 Å². The van der Waals surface area contributed by atoms with Crippen LogP contribution in [0.4, 0.5) is 0 Å². The third-order valence-corrected chi connectivity index (χ3v) is 6.09. The third kappa shape index (κ3) is 3.89. The van der Waals surface area contributed by atoms with Gasteiger partial charge in [-0.05, 0) is 37.1 Å². The number of fused-ring (bicyclic) bond motifs is 4. The van der Waals surface area contributed by atoms with Crippen LogP contribution in [0.15, 0.2) is 53.1 Å². The van der Waals surface area contributed by atoms with Gasteiger partial charge in [0.2, 0.25) is 0 Å². The lowest BCUT2D eigenvalue weighted by atomic mass is 9.93. The van der Waals surface area contributed by atoms with Gasteiger partial charge in [-0.25, -0.2) is 4.98 Å². The highest BCUT2D eigenvalue weighted by Crippen LogP contribution is 2.30. The Balaban J connectivity index is 0.00000105. The Bertz CT molecular complexity index is 904. The van der Waals surface area contributed by atoms with Gasteiger partial charge in [-0.15, -0.1) is 24.8 Å². The molecule has 0 radical (unpaired) electrons. The van der Waals surface area contributed by atoms with Crippen molar-refractivity contribution >= 4 is 46.4 Å². The zero-order valence-corrected chi connectivity index (χ0v) is 18.1. The molecule has 3 saturated heterocycles. The van der Waals surface area contributed by atoms with Gasteiger partial charge in [-0.2, -0.15) is 0 Å². The Morgan fingerprint density at radius 1 is 1.07 bits per heavy atom. The number of piperazine rings is 1. The van der Waals surface area contributed by atoms with E-state index in [1.807, 2.05) is 0 Å². The SMILES string of the molecule is Brc1ccc(-c2nc3ccccn3c2CN2CC3CCC2CN3)cc1.Cl.Cl. The predicted molar refractivity (Wildman–Crippen MR) is 118 cm³/mol. The van der Waals surface area contributed by atoms with Gasteiger partial charge in [0.15, 0.2) is 0 Å². The van der Waals surface area contributed by atoms with Gasteiger partial charge in [0, 0.05) is 48.0 Å². The van der Waals surface area contributed by atoms with Crippen molar-refractivity contribution in [2.24, 2.45) is 0 Å². The van der Waals surface area contributed by atoms with Crippen LogP contribution in [0.3, 0.4) is 0 Å². The van der Waals surface area contributed by atoms with E-state index in [4.69, 9.17) is 4.98 Å². The minimum atomic E-state index is 0. The number of imidazole rings is 1. The summed E-state index contributed by atoms with van der Waals surface area (Å²) in [6.07, 6.45) is 4.76. The molecular formula is C20H23BrCl2N4. The van der Waals surface area contributed by atoms with Crippen LogP contribution in [0.5, 0.6) is 0 Å². The fourth-order valence-electron chi connectivity index (χ4n) is 4.22. The summed E-state index contributed by atoms with van der Waals surface area (Å²) in [6, 6.07) is 16.0. The van der Waals surface area contributed by atoms with Gasteiger partial charge < -0.3 is 9.72 Å². The molecule has 0 saturated carbocycles. The van der Waals surface area contributed by atoms with E-state index >= 15 is 0 Å². The molecule has 3 aliphatic heterocycles. The standard InChI is InChI=1S/C20H21BrN4.2ClH/c21-15-6-4-14(5-7-15)20-18(25-10-2-1-3-19(25)23-20)13-24-12-16-8-9-17(24)11-22-16;;/h1-7,10,16-17,22H,8-9,11-13H2;2*1H. The maximum absolute atomic E-state index is 4.95. The number of pyridine rings is 1. The number of piperidine rings is 2. The molecular weight excluding hydrogens is 447 g/mol. The Morgan fingerprint density at radius 2 is 1.89 bits per heavy atom. The van der Waals surface area contributed by atoms with Crippen molar-refractivity contribution in [3.05, 3.63) is 58.8 Å². The third-order valence-electron chi connectivity index (χ3n) is 5.56. The summed E-state index contributed by atoms with van der Waals surface area (Å²) in [5.74, 6) is 0. The van der Waals surface area contributed by atoms with Gasteiger partial charge in [0.1, 0.15) is 5.65 Å². The van der Waals surface area contributed by atoms with E-state index in [0.717, 1.165) is 35.4 Å². The summed E-state index contributed by atoms with van der Waals surface area (Å²) in [6.45, 7) is 3.22. The largest absolute Gasteiger partial charge is 0.311 e. The van der Waals surface area contributed by atoms with Crippen LogP contribution in [0.1, 0.15) is 18.5 Å². The first-order valence-corrected chi connectivity index (χ1v) is 9.76. The Hall–Kier alpha value is -1.11. The van der Waals surface area contributed by atoms with E-state index in [9.17, 15) is 0 Å². The predicted octanol–water partition coefficient (Wildman–Crippen LogP) is 4.54. The van der Waals surface area contributed by atoms with Crippen LogP contribution in [-0.4, -0.2) is 39.5 Å². The molecule has 2 bridgehead atoms. The maximum atomic E-state index is 4.95. The minimum absolute atomic E-state index is 0. The Morgan fingerprint density at radius 3 is 2.56 bits per heavy atom. The van der Waals surface area contributed by atoms with Crippen LogP contribution in [-0.2, 0) is 6.54 Å². The highest BCUT2D eigenvalue weighted by atomic mass is 79.9. The number of hydrogen-bond donors (Lipinski definition) is 1. The first-order valence-electron chi connectivity index (χ1n) is 8.97. The molecule has 144 valence electrons.